The highest BCUT2D eigenvalue weighted by Crippen LogP contribution is 2.51. The minimum absolute atomic E-state index is 0.153. The molecule has 4 atom stereocenters. The number of alkyl halides is 6. The molecule has 6 rings (SSSR count). The number of carbonyl (C=O) groups excluding carboxylic acids is 10. The molecule has 0 spiro atoms. The maximum absolute atomic E-state index is 14.6. The molecule has 2 unspecified atom stereocenters. The Morgan fingerprint density at radius 2 is 1.02 bits per heavy atom. The van der Waals surface area contributed by atoms with Crippen LogP contribution in [0.1, 0.15) is 180 Å². The van der Waals surface area contributed by atoms with Crippen LogP contribution in [-0.4, -0.2) is 180 Å². The number of nitrogens with zero attached hydrogens (tertiary/aromatic N) is 6. The van der Waals surface area contributed by atoms with Gasteiger partial charge in [-0.25, -0.2) is 9.59 Å². The number of methoxy groups -OCH3 is 2. The van der Waals surface area contributed by atoms with Crippen molar-refractivity contribution in [3.63, 3.8) is 0 Å². The summed E-state index contributed by atoms with van der Waals surface area (Å²) in [5, 5.41) is -0.555. The number of rotatable bonds is 17. The van der Waals surface area contributed by atoms with Crippen LogP contribution in [0.15, 0.2) is 34.1 Å². The van der Waals surface area contributed by atoms with Gasteiger partial charge in [-0.05, 0) is 165 Å². The van der Waals surface area contributed by atoms with E-state index in [1.54, 1.807) is 97.3 Å². The molecule has 0 aliphatic carbocycles. The third-order valence-corrected chi connectivity index (χ3v) is 17.5. The molecule has 0 bridgehead atoms. The topological polar surface area (TPSA) is 227 Å². The van der Waals surface area contributed by atoms with Crippen LogP contribution in [0.5, 0.6) is 0 Å². The number of anilines is 2. The first-order chi connectivity index (χ1) is 41.8. The highest BCUT2D eigenvalue weighted by molar-refractivity contribution is 8.01. The van der Waals surface area contributed by atoms with Gasteiger partial charge < -0.3 is 48.3 Å². The Bertz CT molecular complexity index is 2860. The summed E-state index contributed by atoms with van der Waals surface area (Å²) in [7, 11) is 3.17. The molecule has 0 aromatic heterocycles. The van der Waals surface area contributed by atoms with Crippen LogP contribution in [0.3, 0.4) is 0 Å². The lowest BCUT2D eigenvalue weighted by atomic mass is 9.97. The molecule has 0 N–H and O–H groups in total. The fraction of sp³-hybridized carbons (Fsp3) is 0.677. The van der Waals surface area contributed by atoms with Gasteiger partial charge in [0.25, 0.3) is 11.8 Å². The first-order valence-electron chi connectivity index (χ1n) is 29.9. The Hall–Kier alpha value is -6.18. The van der Waals surface area contributed by atoms with Crippen molar-refractivity contribution in [3.05, 3.63) is 46.5 Å². The lowest BCUT2D eigenvalue weighted by Crippen LogP contribution is -2.54. The number of hydrogen-bond acceptors (Lipinski definition) is 16. The number of thioether (sulfide) groups is 2. The van der Waals surface area contributed by atoms with Gasteiger partial charge in [-0.3, -0.25) is 19.2 Å². The largest absolute Gasteiger partial charge is 0.444 e. The highest BCUT2D eigenvalue weighted by Gasteiger charge is 2.47. The maximum atomic E-state index is 14.6. The summed E-state index contributed by atoms with van der Waals surface area (Å²) in [6.07, 6.45) is -4.92. The van der Waals surface area contributed by atoms with Gasteiger partial charge >= 0.3 is 36.8 Å². The van der Waals surface area contributed by atoms with E-state index in [0.29, 0.717) is 118 Å². The summed E-state index contributed by atoms with van der Waals surface area (Å²) in [6.45, 7) is 25.6. The van der Waals surface area contributed by atoms with E-state index in [4.69, 9.17) is 38.1 Å². The maximum Gasteiger partial charge on any atom is 0.417 e. The Kier molecular flexibility index (Phi) is 29.4. The van der Waals surface area contributed by atoms with Crippen molar-refractivity contribution in [2.75, 3.05) is 76.5 Å². The van der Waals surface area contributed by atoms with Crippen molar-refractivity contribution in [3.8, 4) is 0 Å². The van der Waals surface area contributed by atoms with Gasteiger partial charge in [-0.15, -0.1) is 23.5 Å². The van der Waals surface area contributed by atoms with Crippen molar-refractivity contribution in [1.82, 2.24) is 19.6 Å². The Balaban J connectivity index is 0.000000433. The number of hydrogen-bond donors (Lipinski definition) is 0. The predicted molar refractivity (Wildman–Crippen MR) is 324 cm³/mol. The average molecular weight is 1320 g/mol. The molecule has 0 saturated carbocycles. The van der Waals surface area contributed by atoms with E-state index < -0.39 is 104 Å². The zero-order valence-corrected chi connectivity index (χ0v) is 55.8. The van der Waals surface area contributed by atoms with E-state index in [9.17, 15) is 55.1 Å². The fourth-order valence-electron chi connectivity index (χ4n) is 10.8. The number of likely N-dealkylation sites (tertiary alicyclic amines) is 2. The van der Waals surface area contributed by atoms with Gasteiger partial charge in [0.2, 0.25) is 11.8 Å². The lowest BCUT2D eigenvalue weighted by molar-refractivity contribution is -0.193. The number of benzene rings is 2. The number of fused-ring (bicyclic) bond motifs is 2. The molecule has 504 valence electrons. The monoisotopic (exact) mass is 1320 g/mol. The van der Waals surface area contributed by atoms with Crippen LogP contribution in [0.25, 0.3) is 0 Å². The first kappa shape index (κ1) is 78.1. The van der Waals surface area contributed by atoms with E-state index in [2.05, 4.69) is 0 Å². The third kappa shape index (κ3) is 21.5. The smallest absolute Gasteiger partial charge is 0.417 e. The van der Waals surface area contributed by atoms with Crippen LogP contribution in [0.4, 0.5) is 47.3 Å². The van der Waals surface area contributed by atoms with Gasteiger partial charge in [0.05, 0.1) is 55.7 Å². The number of amides is 6. The quantitative estimate of drug-likeness (QED) is 0.106. The van der Waals surface area contributed by atoms with Gasteiger partial charge in [-0.1, -0.05) is 6.92 Å². The molecule has 2 aromatic carbocycles. The molecule has 20 nitrogen and oxygen atoms in total. The summed E-state index contributed by atoms with van der Waals surface area (Å²) >= 11 is 2.19. The van der Waals surface area contributed by atoms with Crippen LogP contribution >= 0.6 is 23.5 Å². The molecule has 2 saturated heterocycles. The summed E-state index contributed by atoms with van der Waals surface area (Å²) in [5.41, 5.74) is -3.83. The SMILES string of the molecule is CCC1(C)Sc2cc(C(F)(F)F)c(C(=O)N(C(C)C)[C@@H]3CCCN(C(=O)OC(C)(C)C)C3)cc2N(CCCCOC)C1=O.COCCCCN1C(=O)C(C)Sc2cc(C(F)(F)F)c(C(=O)N(C(C)C)[C@@H]3CCCN(C(=O)OC(C)(C)C)C3)cc21.O=C=O.O=C=O. The highest BCUT2D eigenvalue weighted by atomic mass is 32.2. The van der Waals surface area contributed by atoms with Gasteiger partial charge in [0.15, 0.2) is 0 Å². The molecular weight excluding hydrogens is 1230 g/mol. The van der Waals surface area contributed by atoms with Crippen molar-refractivity contribution in [2.24, 2.45) is 0 Å². The normalized spacial score (nSPS) is 19.3. The average Bonchev–Trinajstić information content (AvgIpc) is 0.774. The second kappa shape index (κ2) is 33.9. The second-order valence-corrected chi connectivity index (χ2v) is 27.7. The number of carbonyl (C=O) groups is 6. The molecule has 90 heavy (non-hydrogen) atoms. The minimum atomic E-state index is -4.80. The van der Waals surface area contributed by atoms with Crippen molar-refractivity contribution >= 4 is 83.0 Å². The van der Waals surface area contributed by atoms with Crippen LogP contribution in [-0.2, 0) is 60.1 Å². The van der Waals surface area contributed by atoms with Crippen LogP contribution in [0, 0.1) is 0 Å². The van der Waals surface area contributed by atoms with Crippen LogP contribution < -0.4 is 9.80 Å². The molecule has 28 heteroatoms. The lowest BCUT2D eigenvalue weighted by Gasteiger charge is -2.42. The van der Waals surface area contributed by atoms with Crippen molar-refractivity contribution in [1.29, 1.82) is 0 Å². The van der Waals surface area contributed by atoms with Gasteiger partial charge in [0.1, 0.15) is 11.2 Å². The second-order valence-electron chi connectivity index (χ2n) is 24.7. The molecule has 0 radical (unpaired) electrons. The van der Waals surface area contributed by atoms with Crippen LogP contribution in [0.2, 0.25) is 0 Å². The van der Waals surface area contributed by atoms with Crippen molar-refractivity contribution < 1.29 is 93.2 Å². The summed E-state index contributed by atoms with van der Waals surface area (Å²) in [4.78, 5) is 123. The van der Waals surface area contributed by atoms with E-state index in [-0.39, 0.29) is 37.2 Å². The molecular formula is C62H88F6N6O14S2. The predicted octanol–water partition coefficient (Wildman–Crippen LogP) is 12.0. The van der Waals surface area contributed by atoms with Gasteiger partial charge in [0, 0.05) is 88.6 Å². The Morgan fingerprint density at radius 3 is 1.38 bits per heavy atom. The standard InChI is InChI=1S/C31H46F3N3O5S.C29H42F3N3O5S.2CO2/c1-9-30(7)27(39)36(15-10-11-16-41-8)24-17-22(23(31(32,33)34)18-25(24)43-30)26(38)37(20(2)3)21-13-12-14-35(19-21)28(40)42-29(4,5)6;1-18(2)35(20-11-10-12-33(17-20)27(38)40-28(4,5)6)26(37)21-15-23-24(16-22(21)29(30,31)32)41-19(3)25(36)34(23)13-8-9-14-39-7;2*2-1-3/h17-18,20-21H,9-16,19H2,1-8H3;15-16,18-20H,8-14,17H2,1-7H3;;/t21-,30?;19?,20-;;/m11../s1. The van der Waals surface area contributed by atoms with Gasteiger partial charge in [-0.2, -0.15) is 45.5 Å². The molecule has 4 aliphatic rings. The number of ether oxygens (including phenoxy) is 4. The van der Waals surface area contributed by atoms with E-state index >= 15 is 0 Å². The third-order valence-electron chi connectivity index (χ3n) is 14.9. The summed E-state index contributed by atoms with van der Waals surface area (Å²) in [6, 6.07) is 2.63. The zero-order valence-electron chi connectivity index (χ0n) is 54.2. The number of piperidine rings is 2. The molecule has 6 amide bonds. The fourth-order valence-corrected chi connectivity index (χ4v) is 13.2. The number of halogens is 6. The first-order valence-corrected chi connectivity index (χ1v) is 31.6. The van der Waals surface area contributed by atoms with Crippen molar-refractivity contribution in [2.45, 2.75) is 215 Å². The van der Waals surface area contributed by atoms with E-state index in [1.165, 1.54) is 41.5 Å². The summed E-state index contributed by atoms with van der Waals surface area (Å²) < 4.78 is 107. The summed E-state index contributed by atoms with van der Waals surface area (Å²) in [5.74, 6) is -1.95. The molecule has 2 fully saturated rings. The Labute approximate surface area is 532 Å². The molecule has 4 aliphatic heterocycles. The van der Waals surface area contributed by atoms with E-state index in [1.807, 2.05) is 6.92 Å². The molecule has 4 heterocycles. The van der Waals surface area contributed by atoms with E-state index in [0.717, 1.165) is 35.7 Å². The Morgan fingerprint density at radius 1 is 0.644 bits per heavy atom. The zero-order chi connectivity index (χ0) is 68.4. The number of unbranched alkanes of at least 4 members (excludes halogenated alkanes) is 2. The molecule has 2 aromatic rings. The minimum Gasteiger partial charge on any atom is -0.444 e.